The topological polar surface area (TPSA) is 99.0 Å². The van der Waals surface area contributed by atoms with Gasteiger partial charge in [-0.1, -0.05) is 385 Å². The van der Waals surface area contributed by atoms with Crippen LogP contribution >= 0.6 is 0 Å². The maximum Gasteiger partial charge on any atom is 3.00 e. The van der Waals surface area contributed by atoms with Gasteiger partial charge in [0, 0.05) is 11.4 Å². The summed E-state index contributed by atoms with van der Waals surface area (Å²) in [4.78, 5) is 10.2. The third kappa shape index (κ3) is 28.7. The molecule has 0 saturated carbocycles. The molecule has 0 aliphatic rings. The van der Waals surface area contributed by atoms with E-state index in [0.29, 0.717) is 71.0 Å². The molecule has 96 heavy (non-hydrogen) atoms. The van der Waals surface area contributed by atoms with Crippen molar-refractivity contribution in [2.45, 2.75) is 304 Å². The standard InChI is InChI=1S/2C29H41N2.2C12H18O.C6H14.2Al.2H/c2*1-18(2)24-13-11-14-25(19(3)4)28(24)30-22(9)17-23(10)31-29-26(20(5)6)15-12-16-27(29)21(7)8;2*1-8(2)10-6-5-7-11(9(3)4)12(10)13;1-3-5-6-4-2;;;;/h2*11-21H,1-10H3;2*5-9,13H,1-4H3;3-6H2,1-2H3;;;;/q2*-1;;;;2*+3;2*-1/p-2/b2*22-17-,31-23?;;;;;;;. The number of unbranched alkanes of at least 4 members (excludes halogenated alkanes) is 3. The molecule has 0 unspecified atom stereocenters. The average Bonchev–Trinajstić information content (AvgIpc) is 0.846. The molecule has 522 valence electrons. The maximum absolute atomic E-state index is 11.9. The van der Waals surface area contributed by atoms with Gasteiger partial charge in [0.25, 0.3) is 0 Å². The Labute approximate surface area is 614 Å². The summed E-state index contributed by atoms with van der Waals surface area (Å²) in [5, 5.41) is 33.9. The summed E-state index contributed by atoms with van der Waals surface area (Å²) in [5.41, 5.74) is 22.7. The van der Waals surface area contributed by atoms with Crippen LogP contribution in [-0.2, 0) is 0 Å². The van der Waals surface area contributed by atoms with E-state index in [2.05, 4.69) is 293 Å². The van der Waals surface area contributed by atoms with Crippen molar-refractivity contribution in [2.24, 2.45) is 9.98 Å². The zero-order chi connectivity index (χ0) is 71.4. The van der Waals surface area contributed by atoms with Gasteiger partial charge in [-0.3, -0.25) is 9.98 Å². The van der Waals surface area contributed by atoms with Gasteiger partial charge in [-0.2, -0.15) is 11.4 Å². The summed E-state index contributed by atoms with van der Waals surface area (Å²) < 4.78 is 0. The molecule has 0 aliphatic carbocycles. The fourth-order valence-electron chi connectivity index (χ4n) is 11.5. The van der Waals surface area contributed by atoms with Gasteiger partial charge in [0.2, 0.25) is 0 Å². The Hall–Kier alpha value is -5.60. The second kappa shape index (κ2) is 45.1. The second-order valence-electron chi connectivity index (χ2n) is 29.5. The molecule has 0 radical (unpaired) electrons. The zero-order valence-corrected chi connectivity index (χ0v) is 68.4. The van der Waals surface area contributed by atoms with E-state index >= 15 is 0 Å². The molecule has 0 aliphatic heterocycles. The van der Waals surface area contributed by atoms with E-state index in [9.17, 15) is 10.2 Å². The first-order chi connectivity index (χ1) is 44.0. The minimum absolute atomic E-state index is 0. The fourth-order valence-corrected chi connectivity index (χ4v) is 11.5. The molecule has 0 aromatic heterocycles. The number of aliphatic imine (C=N–C) groups is 2. The van der Waals surface area contributed by atoms with Crippen LogP contribution in [0.4, 0.5) is 22.7 Å². The molecule has 6 aromatic carbocycles. The zero-order valence-electron chi connectivity index (χ0n) is 68.1. The Bertz CT molecular complexity index is 3000. The molecule has 0 fully saturated rings. The molecule has 6 rings (SSSR count). The Kier molecular flexibility index (Phi) is 42.5. The molecule has 8 heteroatoms. The molecule has 0 bridgehead atoms. The quantitative estimate of drug-likeness (QED) is 0.0363. The minimum Gasteiger partial charge on any atom is -1.00 e. The van der Waals surface area contributed by atoms with Crippen molar-refractivity contribution in [3.63, 3.8) is 0 Å². The molecule has 0 heterocycles. The number of allylic oxidation sites excluding steroid dienone is 4. The second-order valence-corrected chi connectivity index (χ2v) is 29.5. The van der Waals surface area contributed by atoms with Crippen LogP contribution in [0, 0.1) is 0 Å². The van der Waals surface area contributed by atoms with E-state index in [1.165, 1.54) is 70.2 Å². The SMILES string of the molecule is CC(/C=C(/C)[N-]c1c(C(C)C)cccc1C(C)C)=Nc1c(C(C)C)cccc1C(C)C.CC(/C=C(/C)[N-]c1c(C(C)C)cccc1C(C)C)=Nc1c(C(C)C)cccc1C(C)C.CC(C)c1cccc(C(C)C)c1[O-].CC(C)c1cccc(C(C)C)c1[O-].CCCCCC.[Al+3].[Al+3].[H-].[H-]. The van der Waals surface area contributed by atoms with E-state index in [1.807, 2.05) is 36.4 Å². The normalized spacial score (nSPS) is 12.1. The molecule has 6 aromatic rings. The number of rotatable bonds is 23. The van der Waals surface area contributed by atoms with Gasteiger partial charge in [-0.25, -0.2) is 0 Å². The van der Waals surface area contributed by atoms with Gasteiger partial charge in [0.15, 0.2) is 0 Å². The monoisotopic (exact) mass is 1330 g/mol. The first kappa shape index (κ1) is 90.4. The average molecular weight is 1330 g/mol. The van der Waals surface area contributed by atoms with Gasteiger partial charge in [0.05, 0.1) is 11.4 Å². The van der Waals surface area contributed by atoms with Crippen molar-refractivity contribution in [3.8, 4) is 11.5 Å². The van der Waals surface area contributed by atoms with Gasteiger partial charge in [0.1, 0.15) is 0 Å². The fraction of sp³-hybridized carbons (Fsp3) is 0.523. The molecular formula is C88H132Al2N4O2. The van der Waals surface area contributed by atoms with E-state index in [-0.39, 0.29) is 49.1 Å². The van der Waals surface area contributed by atoms with Gasteiger partial charge in [-0.05, 0) is 107 Å². The van der Waals surface area contributed by atoms with Crippen LogP contribution in [0.25, 0.3) is 10.6 Å². The molecule has 6 nitrogen and oxygen atoms in total. The number of hydrogen-bond donors (Lipinski definition) is 0. The molecule has 0 N–H and O–H groups in total. The number of para-hydroxylation sites is 6. The molecule has 0 spiro atoms. The number of hydrogen-bond acceptors (Lipinski definition) is 4. The summed E-state index contributed by atoms with van der Waals surface area (Å²) in [6.07, 6.45) is 9.76. The van der Waals surface area contributed by atoms with Crippen LogP contribution in [0.5, 0.6) is 11.5 Å². The first-order valence-electron chi connectivity index (χ1n) is 36.1. The third-order valence-corrected chi connectivity index (χ3v) is 17.0. The van der Waals surface area contributed by atoms with E-state index in [4.69, 9.17) is 20.6 Å². The Morgan fingerprint density at radius 3 is 0.646 bits per heavy atom. The molecule has 0 saturated heterocycles. The predicted molar refractivity (Wildman–Crippen MR) is 429 cm³/mol. The van der Waals surface area contributed by atoms with Crippen LogP contribution in [0.2, 0.25) is 0 Å². The largest absolute Gasteiger partial charge is 3.00 e. The van der Waals surface area contributed by atoms with Crippen LogP contribution in [0.3, 0.4) is 0 Å². The molecule has 0 amide bonds. The van der Waals surface area contributed by atoms with E-state index in [1.54, 1.807) is 0 Å². The van der Waals surface area contributed by atoms with E-state index in [0.717, 1.165) is 67.8 Å². The third-order valence-electron chi connectivity index (χ3n) is 17.0. The van der Waals surface area contributed by atoms with Crippen molar-refractivity contribution < 1.29 is 13.1 Å². The van der Waals surface area contributed by atoms with Crippen LogP contribution in [0.15, 0.2) is 143 Å². The van der Waals surface area contributed by atoms with Gasteiger partial charge in [-0.15, -0.1) is 22.9 Å². The summed E-state index contributed by atoms with van der Waals surface area (Å²) in [6.45, 7) is 65.0. The van der Waals surface area contributed by atoms with Crippen molar-refractivity contribution in [3.05, 3.63) is 210 Å². The van der Waals surface area contributed by atoms with Crippen LogP contribution in [-0.4, -0.2) is 46.1 Å². The van der Waals surface area contributed by atoms with Crippen LogP contribution in [0.1, 0.15) is 374 Å². The minimum atomic E-state index is 0. The Morgan fingerprint density at radius 2 is 0.479 bits per heavy atom. The summed E-state index contributed by atoms with van der Waals surface area (Å²) in [7, 11) is 0. The first-order valence-corrected chi connectivity index (χ1v) is 36.1. The van der Waals surface area contributed by atoms with Crippen molar-refractivity contribution in [2.75, 3.05) is 0 Å². The Morgan fingerprint density at radius 1 is 0.312 bits per heavy atom. The van der Waals surface area contributed by atoms with E-state index < -0.39 is 0 Å². The van der Waals surface area contributed by atoms with Gasteiger partial charge < -0.3 is 23.7 Å². The Balaban J connectivity index is -0.00000125. The van der Waals surface area contributed by atoms with Crippen LogP contribution < -0.4 is 10.2 Å². The predicted octanol–water partition coefficient (Wildman–Crippen LogP) is 27.8. The van der Waals surface area contributed by atoms with Crippen molar-refractivity contribution >= 4 is 68.9 Å². The molecule has 0 atom stereocenters. The summed E-state index contributed by atoms with van der Waals surface area (Å²) in [5.74, 6) is 5.25. The number of benzene rings is 6. The summed E-state index contributed by atoms with van der Waals surface area (Å²) >= 11 is 0. The van der Waals surface area contributed by atoms with Gasteiger partial charge >= 0.3 is 34.7 Å². The number of nitrogens with zero attached hydrogens (tertiary/aromatic N) is 4. The maximum atomic E-state index is 11.9. The van der Waals surface area contributed by atoms with Crippen molar-refractivity contribution in [1.82, 2.24) is 0 Å². The molecular weight excluding hydrogens is 1200 g/mol. The smallest absolute Gasteiger partial charge is 1.00 e. The van der Waals surface area contributed by atoms with Crippen molar-refractivity contribution in [1.29, 1.82) is 0 Å². The summed E-state index contributed by atoms with van der Waals surface area (Å²) in [6, 6.07) is 38.0.